The standard InChI is InChI=1S/C11H12N6O/c12-8-4-1-5-9-7(8)3-2-6-17(9)11(18)10-13-15-16-14-10/h1,4-5H,2-3,6,12H2,(H,13,14,15,16). The lowest BCUT2D eigenvalue weighted by Crippen LogP contribution is -2.36. The van der Waals surface area contributed by atoms with Crippen molar-refractivity contribution in [3.8, 4) is 0 Å². The average Bonchev–Trinajstić information content (AvgIpc) is 2.92. The van der Waals surface area contributed by atoms with E-state index in [1.165, 1.54) is 0 Å². The third-order valence-electron chi connectivity index (χ3n) is 3.07. The van der Waals surface area contributed by atoms with Crippen LogP contribution in [0.4, 0.5) is 11.4 Å². The predicted molar refractivity (Wildman–Crippen MR) is 65.0 cm³/mol. The summed E-state index contributed by atoms with van der Waals surface area (Å²) in [5.41, 5.74) is 8.51. The number of rotatable bonds is 1. The van der Waals surface area contributed by atoms with Gasteiger partial charge in [-0.25, -0.2) is 0 Å². The molecule has 0 fully saturated rings. The van der Waals surface area contributed by atoms with Gasteiger partial charge < -0.3 is 10.6 Å². The Kier molecular flexibility index (Phi) is 2.44. The van der Waals surface area contributed by atoms with Crippen LogP contribution < -0.4 is 10.6 Å². The molecule has 1 aliphatic heterocycles. The summed E-state index contributed by atoms with van der Waals surface area (Å²) < 4.78 is 0. The number of nitrogen functional groups attached to an aromatic ring is 1. The van der Waals surface area contributed by atoms with Crippen molar-refractivity contribution in [3.05, 3.63) is 29.6 Å². The van der Waals surface area contributed by atoms with E-state index >= 15 is 0 Å². The SMILES string of the molecule is Nc1cccc2c1CCCN2C(=O)c1nn[nH]n1. The van der Waals surface area contributed by atoms with E-state index in [2.05, 4.69) is 20.6 Å². The first-order valence-corrected chi connectivity index (χ1v) is 5.70. The van der Waals surface area contributed by atoms with Gasteiger partial charge in [0.1, 0.15) is 0 Å². The lowest BCUT2D eigenvalue weighted by atomic mass is 10.00. The summed E-state index contributed by atoms with van der Waals surface area (Å²) in [6.07, 6.45) is 1.77. The molecule has 0 spiro atoms. The van der Waals surface area contributed by atoms with Gasteiger partial charge >= 0.3 is 0 Å². The van der Waals surface area contributed by atoms with Crippen LogP contribution in [0.5, 0.6) is 0 Å². The molecule has 2 heterocycles. The van der Waals surface area contributed by atoms with E-state index in [1.54, 1.807) is 4.90 Å². The Morgan fingerprint density at radius 1 is 1.44 bits per heavy atom. The summed E-state index contributed by atoms with van der Waals surface area (Å²) in [4.78, 5) is 13.9. The molecule has 92 valence electrons. The van der Waals surface area contributed by atoms with Gasteiger partial charge in [0, 0.05) is 17.9 Å². The number of aromatic amines is 1. The number of tetrazole rings is 1. The van der Waals surface area contributed by atoms with E-state index < -0.39 is 0 Å². The molecule has 0 unspecified atom stereocenters. The van der Waals surface area contributed by atoms with Crippen LogP contribution in [0.25, 0.3) is 0 Å². The summed E-state index contributed by atoms with van der Waals surface area (Å²) in [6, 6.07) is 5.58. The second-order valence-corrected chi connectivity index (χ2v) is 4.14. The van der Waals surface area contributed by atoms with Crippen LogP contribution in [-0.4, -0.2) is 33.1 Å². The fourth-order valence-corrected chi connectivity index (χ4v) is 2.24. The third-order valence-corrected chi connectivity index (χ3v) is 3.07. The molecule has 1 aliphatic rings. The second-order valence-electron chi connectivity index (χ2n) is 4.14. The van der Waals surface area contributed by atoms with E-state index in [-0.39, 0.29) is 11.7 Å². The number of H-pyrrole nitrogens is 1. The van der Waals surface area contributed by atoms with Crippen LogP contribution in [0.15, 0.2) is 18.2 Å². The van der Waals surface area contributed by atoms with Crippen molar-refractivity contribution >= 4 is 17.3 Å². The van der Waals surface area contributed by atoms with Gasteiger partial charge in [-0.3, -0.25) is 4.79 Å². The Morgan fingerprint density at radius 2 is 2.33 bits per heavy atom. The van der Waals surface area contributed by atoms with Crippen molar-refractivity contribution in [1.29, 1.82) is 0 Å². The van der Waals surface area contributed by atoms with Crippen LogP contribution in [0.2, 0.25) is 0 Å². The quantitative estimate of drug-likeness (QED) is 0.706. The fraction of sp³-hybridized carbons (Fsp3) is 0.273. The molecule has 0 atom stereocenters. The van der Waals surface area contributed by atoms with Gasteiger partial charge in [0.15, 0.2) is 0 Å². The number of carbonyl (C=O) groups excluding carboxylic acids is 1. The van der Waals surface area contributed by atoms with Crippen molar-refractivity contribution in [2.45, 2.75) is 12.8 Å². The number of amides is 1. The topological polar surface area (TPSA) is 101 Å². The Morgan fingerprint density at radius 3 is 3.11 bits per heavy atom. The first-order valence-electron chi connectivity index (χ1n) is 5.70. The van der Waals surface area contributed by atoms with E-state index in [0.29, 0.717) is 6.54 Å². The first kappa shape index (κ1) is 10.7. The lowest BCUT2D eigenvalue weighted by Gasteiger charge is -2.29. The maximum atomic E-state index is 12.2. The molecule has 1 aromatic heterocycles. The van der Waals surface area contributed by atoms with E-state index in [4.69, 9.17) is 5.73 Å². The van der Waals surface area contributed by atoms with Crippen LogP contribution in [-0.2, 0) is 6.42 Å². The maximum Gasteiger partial charge on any atom is 0.299 e. The second kappa shape index (κ2) is 4.10. The molecular weight excluding hydrogens is 232 g/mol. The van der Waals surface area contributed by atoms with Crippen molar-refractivity contribution in [1.82, 2.24) is 20.6 Å². The highest BCUT2D eigenvalue weighted by atomic mass is 16.2. The van der Waals surface area contributed by atoms with Crippen LogP contribution in [0.1, 0.15) is 22.6 Å². The van der Waals surface area contributed by atoms with Crippen molar-refractivity contribution in [2.75, 3.05) is 17.2 Å². The molecule has 7 nitrogen and oxygen atoms in total. The molecule has 1 amide bonds. The Bertz CT molecular complexity index is 579. The number of hydrogen-bond acceptors (Lipinski definition) is 5. The average molecular weight is 244 g/mol. The maximum absolute atomic E-state index is 12.2. The Balaban J connectivity index is 2.02. The molecule has 0 aliphatic carbocycles. The minimum absolute atomic E-state index is 0.0743. The van der Waals surface area contributed by atoms with Gasteiger partial charge in [0.25, 0.3) is 11.7 Å². The zero-order valence-electron chi connectivity index (χ0n) is 9.63. The molecule has 0 radical (unpaired) electrons. The minimum atomic E-state index is -0.254. The number of nitrogens with zero attached hydrogens (tertiary/aromatic N) is 4. The highest BCUT2D eigenvalue weighted by molar-refractivity contribution is 6.04. The van der Waals surface area contributed by atoms with Gasteiger partial charge in [-0.2, -0.15) is 5.21 Å². The largest absolute Gasteiger partial charge is 0.398 e. The van der Waals surface area contributed by atoms with E-state index in [0.717, 1.165) is 29.8 Å². The fourth-order valence-electron chi connectivity index (χ4n) is 2.24. The van der Waals surface area contributed by atoms with Gasteiger partial charge in [0.2, 0.25) is 0 Å². The summed E-state index contributed by atoms with van der Waals surface area (Å²) >= 11 is 0. The molecule has 1 aromatic carbocycles. The number of carbonyl (C=O) groups is 1. The van der Waals surface area contributed by atoms with Gasteiger partial charge in [-0.15, -0.1) is 10.2 Å². The molecule has 0 saturated heterocycles. The normalized spacial score (nSPS) is 14.3. The van der Waals surface area contributed by atoms with Gasteiger partial charge in [-0.05, 0) is 35.8 Å². The van der Waals surface area contributed by atoms with E-state index in [9.17, 15) is 4.79 Å². The zero-order valence-corrected chi connectivity index (χ0v) is 9.63. The molecular formula is C11H12N6O. The Hall–Kier alpha value is -2.44. The highest BCUT2D eigenvalue weighted by Crippen LogP contribution is 2.31. The van der Waals surface area contributed by atoms with Crippen LogP contribution in [0.3, 0.4) is 0 Å². The first-order chi connectivity index (χ1) is 8.77. The highest BCUT2D eigenvalue weighted by Gasteiger charge is 2.26. The number of nitrogens with one attached hydrogen (secondary N) is 1. The summed E-state index contributed by atoms with van der Waals surface area (Å²) in [5, 5.41) is 13.1. The van der Waals surface area contributed by atoms with Crippen LogP contribution in [0, 0.1) is 0 Å². The molecule has 2 aromatic rings. The summed E-state index contributed by atoms with van der Waals surface area (Å²) in [5.74, 6) is -0.180. The van der Waals surface area contributed by atoms with Crippen molar-refractivity contribution < 1.29 is 4.79 Å². The lowest BCUT2D eigenvalue weighted by molar-refractivity contribution is 0.0975. The monoisotopic (exact) mass is 244 g/mol. The van der Waals surface area contributed by atoms with Gasteiger partial charge in [0.05, 0.1) is 0 Å². The third kappa shape index (κ3) is 1.60. The molecule has 0 saturated carbocycles. The smallest absolute Gasteiger partial charge is 0.299 e. The van der Waals surface area contributed by atoms with Gasteiger partial charge in [-0.1, -0.05) is 6.07 Å². The van der Waals surface area contributed by atoms with Crippen molar-refractivity contribution in [3.63, 3.8) is 0 Å². The molecule has 0 bridgehead atoms. The molecule has 3 N–H and O–H groups in total. The number of hydrogen-bond donors (Lipinski definition) is 2. The number of benzene rings is 1. The Labute approximate surface area is 103 Å². The summed E-state index contributed by atoms with van der Waals surface area (Å²) in [6.45, 7) is 0.643. The van der Waals surface area contributed by atoms with E-state index in [1.807, 2.05) is 18.2 Å². The minimum Gasteiger partial charge on any atom is -0.398 e. The number of nitrogens with two attached hydrogens (primary N) is 1. The molecule has 7 heteroatoms. The van der Waals surface area contributed by atoms with Crippen molar-refractivity contribution in [2.24, 2.45) is 0 Å². The number of fused-ring (bicyclic) bond motifs is 1. The number of anilines is 2. The van der Waals surface area contributed by atoms with Crippen LogP contribution >= 0.6 is 0 Å². The molecule has 18 heavy (non-hydrogen) atoms. The summed E-state index contributed by atoms with van der Waals surface area (Å²) in [7, 11) is 0. The number of aromatic nitrogens is 4. The predicted octanol–water partition coefficient (Wildman–Crippen LogP) is 0.375. The molecule has 3 rings (SSSR count). The zero-order chi connectivity index (χ0) is 12.5.